The van der Waals surface area contributed by atoms with E-state index in [9.17, 15) is 0 Å². The second-order valence-corrected chi connectivity index (χ2v) is 9.26. The van der Waals surface area contributed by atoms with Gasteiger partial charge in [-0.3, -0.25) is 5.32 Å². The van der Waals surface area contributed by atoms with Crippen LogP contribution in [0.2, 0.25) is 0 Å². The van der Waals surface area contributed by atoms with Gasteiger partial charge in [0.05, 0.1) is 13.2 Å². The molecule has 0 aromatic heterocycles. The average molecular weight is 503 g/mol. The SMILES string of the molecule is CC.CC.CCCCCCCCc1ccc(C2NC=C(OCC3CC=C(C)CC3)CN2)cc1.COC. The molecule has 1 aromatic carbocycles. The van der Waals surface area contributed by atoms with Crippen molar-refractivity contribution in [3.8, 4) is 0 Å². The smallest absolute Gasteiger partial charge is 0.125 e. The number of ether oxygens (including phenoxy) is 2. The summed E-state index contributed by atoms with van der Waals surface area (Å²) in [5.41, 5.74) is 4.28. The van der Waals surface area contributed by atoms with Crippen LogP contribution in [-0.4, -0.2) is 27.4 Å². The van der Waals surface area contributed by atoms with E-state index >= 15 is 0 Å². The van der Waals surface area contributed by atoms with E-state index in [0.717, 1.165) is 25.3 Å². The minimum absolute atomic E-state index is 0.172. The number of benzene rings is 1. The summed E-state index contributed by atoms with van der Waals surface area (Å²) >= 11 is 0. The molecule has 1 heterocycles. The lowest BCUT2D eigenvalue weighted by Gasteiger charge is -2.27. The van der Waals surface area contributed by atoms with Gasteiger partial charge in [-0.25, -0.2) is 0 Å². The number of hydrogen-bond acceptors (Lipinski definition) is 4. The first-order chi connectivity index (χ1) is 17.7. The zero-order valence-corrected chi connectivity index (χ0v) is 24.9. The third-order valence-electron chi connectivity index (χ3n) is 6.27. The number of rotatable bonds is 11. The van der Waals surface area contributed by atoms with E-state index in [1.807, 2.05) is 27.7 Å². The van der Waals surface area contributed by atoms with Crippen LogP contribution in [0, 0.1) is 5.92 Å². The fraction of sp³-hybridized carbons (Fsp3) is 0.688. The highest BCUT2D eigenvalue weighted by molar-refractivity contribution is 5.26. The molecule has 0 amide bonds. The van der Waals surface area contributed by atoms with Crippen molar-refractivity contribution in [2.75, 3.05) is 27.4 Å². The molecular formula is C32H58N2O2. The summed E-state index contributed by atoms with van der Waals surface area (Å²) in [5, 5.41) is 7.02. The van der Waals surface area contributed by atoms with E-state index in [0.29, 0.717) is 5.92 Å². The van der Waals surface area contributed by atoms with E-state index < -0.39 is 0 Å². The van der Waals surface area contributed by atoms with E-state index in [1.165, 1.54) is 74.5 Å². The van der Waals surface area contributed by atoms with Gasteiger partial charge in [-0.2, -0.15) is 0 Å². The molecule has 208 valence electrons. The summed E-state index contributed by atoms with van der Waals surface area (Å²) in [5.74, 6) is 1.68. The normalized spacial score (nSPS) is 18.4. The first-order valence-corrected chi connectivity index (χ1v) is 14.6. The molecule has 36 heavy (non-hydrogen) atoms. The predicted octanol–water partition coefficient (Wildman–Crippen LogP) is 8.70. The Balaban J connectivity index is 0.00000159. The Kier molecular flexibility index (Phi) is 22.4. The Labute approximate surface area is 224 Å². The second-order valence-electron chi connectivity index (χ2n) is 9.26. The molecule has 3 rings (SSSR count). The lowest BCUT2D eigenvalue weighted by molar-refractivity contribution is 0.145. The number of hydrogen-bond donors (Lipinski definition) is 2. The van der Waals surface area contributed by atoms with Crippen molar-refractivity contribution in [2.45, 2.75) is 112 Å². The second kappa shape index (κ2) is 23.6. The predicted molar refractivity (Wildman–Crippen MR) is 158 cm³/mol. The van der Waals surface area contributed by atoms with Crippen LogP contribution >= 0.6 is 0 Å². The van der Waals surface area contributed by atoms with Crippen LogP contribution < -0.4 is 10.6 Å². The van der Waals surface area contributed by atoms with Crippen molar-refractivity contribution in [2.24, 2.45) is 5.92 Å². The van der Waals surface area contributed by atoms with E-state index in [4.69, 9.17) is 4.74 Å². The van der Waals surface area contributed by atoms with Crippen molar-refractivity contribution >= 4 is 0 Å². The Morgan fingerprint density at radius 1 is 0.917 bits per heavy atom. The summed E-state index contributed by atoms with van der Waals surface area (Å²) in [6, 6.07) is 9.10. The van der Waals surface area contributed by atoms with Crippen LogP contribution in [0.3, 0.4) is 0 Å². The average Bonchev–Trinajstić information content (AvgIpc) is 2.94. The van der Waals surface area contributed by atoms with Crippen LogP contribution in [0.15, 0.2) is 47.9 Å². The van der Waals surface area contributed by atoms with Gasteiger partial charge < -0.3 is 14.8 Å². The lowest BCUT2D eigenvalue weighted by atomic mass is 9.91. The molecule has 0 fully saturated rings. The molecule has 1 aliphatic carbocycles. The molecule has 2 N–H and O–H groups in total. The molecule has 2 unspecified atom stereocenters. The molecule has 0 saturated carbocycles. The van der Waals surface area contributed by atoms with Crippen molar-refractivity contribution < 1.29 is 9.47 Å². The van der Waals surface area contributed by atoms with Gasteiger partial charge in [-0.1, -0.05) is 103 Å². The Morgan fingerprint density at radius 2 is 1.56 bits per heavy atom. The van der Waals surface area contributed by atoms with Gasteiger partial charge >= 0.3 is 0 Å². The summed E-state index contributed by atoms with van der Waals surface area (Å²) in [6.07, 6.45) is 17.6. The third kappa shape index (κ3) is 15.4. The lowest BCUT2D eigenvalue weighted by Crippen LogP contribution is -2.38. The molecule has 1 aromatic rings. The standard InChI is InChI=1S/C26H40N2O.C2H6O.2C2H6/c1-3-4-5-6-7-8-9-22-14-16-24(17-15-22)26-27-18-25(19-28-26)29-20-23-12-10-21(2)11-13-23;1-3-2;2*1-2/h10,14-18,23,26-28H,3-9,11-13,19-20H2,1-2H3;1-2H3;2*1-2H3. The first-order valence-electron chi connectivity index (χ1n) is 14.6. The van der Waals surface area contributed by atoms with Crippen LogP contribution in [0.1, 0.15) is 117 Å². The monoisotopic (exact) mass is 502 g/mol. The van der Waals surface area contributed by atoms with Crippen LogP contribution in [0.5, 0.6) is 0 Å². The number of aryl methyl sites for hydroxylation is 1. The fourth-order valence-electron chi connectivity index (χ4n) is 4.18. The number of unbranched alkanes of at least 4 members (excludes halogenated alkanes) is 5. The molecule has 0 bridgehead atoms. The highest BCUT2D eigenvalue weighted by atomic mass is 16.5. The van der Waals surface area contributed by atoms with Gasteiger partial charge in [0.2, 0.25) is 0 Å². The van der Waals surface area contributed by atoms with Crippen LogP contribution in [0.4, 0.5) is 0 Å². The molecule has 0 saturated heterocycles. The molecule has 4 heteroatoms. The van der Waals surface area contributed by atoms with Crippen molar-refractivity contribution in [3.05, 3.63) is 59.0 Å². The van der Waals surface area contributed by atoms with Gasteiger partial charge in [-0.05, 0) is 56.1 Å². The largest absolute Gasteiger partial charge is 0.495 e. The van der Waals surface area contributed by atoms with E-state index in [1.54, 1.807) is 14.2 Å². The molecule has 4 nitrogen and oxygen atoms in total. The topological polar surface area (TPSA) is 42.5 Å². The Hall–Kier alpha value is -1.78. The summed E-state index contributed by atoms with van der Waals surface area (Å²) in [4.78, 5) is 0. The maximum atomic E-state index is 6.05. The van der Waals surface area contributed by atoms with Crippen molar-refractivity contribution in [1.82, 2.24) is 10.6 Å². The molecule has 2 aliphatic rings. The van der Waals surface area contributed by atoms with Gasteiger partial charge in [0.1, 0.15) is 11.9 Å². The Morgan fingerprint density at radius 3 is 2.11 bits per heavy atom. The van der Waals surface area contributed by atoms with E-state index in [-0.39, 0.29) is 6.17 Å². The van der Waals surface area contributed by atoms with E-state index in [2.05, 4.69) is 65.8 Å². The van der Waals surface area contributed by atoms with Crippen LogP contribution in [0.25, 0.3) is 0 Å². The quantitative estimate of drug-likeness (QED) is 0.234. The zero-order chi connectivity index (χ0) is 27.0. The number of allylic oxidation sites excluding steroid dienone is 2. The number of nitrogens with one attached hydrogen (secondary N) is 2. The molecule has 0 radical (unpaired) electrons. The molecule has 2 atom stereocenters. The molecule has 0 spiro atoms. The maximum Gasteiger partial charge on any atom is 0.125 e. The van der Waals surface area contributed by atoms with Crippen LogP contribution in [-0.2, 0) is 15.9 Å². The minimum Gasteiger partial charge on any atom is -0.495 e. The maximum absolute atomic E-state index is 6.05. The third-order valence-corrected chi connectivity index (χ3v) is 6.27. The van der Waals surface area contributed by atoms with Gasteiger partial charge in [0.15, 0.2) is 0 Å². The molecular weight excluding hydrogens is 444 g/mol. The highest BCUT2D eigenvalue weighted by Gasteiger charge is 2.18. The zero-order valence-electron chi connectivity index (χ0n) is 24.9. The highest BCUT2D eigenvalue weighted by Crippen LogP contribution is 2.24. The van der Waals surface area contributed by atoms with Gasteiger partial charge in [0.25, 0.3) is 0 Å². The molecule has 1 aliphatic heterocycles. The number of methoxy groups -OCH3 is 1. The summed E-state index contributed by atoms with van der Waals surface area (Å²) in [6.45, 7) is 14.1. The summed E-state index contributed by atoms with van der Waals surface area (Å²) in [7, 11) is 3.25. The minimum atomic E-state index is 0.172. The van der Waals surface area contributed by atoms with Crippen molar-refractivity contribution in [3.63, 3.8) is 0 Å². The Bertz CT molecular complexity index is 682. The fourth-order valence-corrected chi connectivity index (χ4v) is 4.18. The van der Waals surface area contributed by atoms with Gasteiger partial charge in [0, 0.05) is 20.4 Å². The van der Waals surface area contributed by atoms with Gasteiger partial charge in [-0.15, -0.1) is 0 Å². The summed E-state index contributed by atoms with van der Waals surface area (Å²) < 4.78 is 10.3. The first kappa shape index (κ1) is 34.2. The van der Waals surface area contributed by atoms with Crippen molar-refractivity contribution in [1.29, 1.82) is 0 Å².